The molecule has 0 saturated carbocycles. The first kappa shape index (κ1) is 17.7. The van der Waals surface area contributed by atoms with Gasteiger partial charge in [0.05, 0.1) is 24.1 Å². The van der Waals surface area contributed by atoms with Gasteiger partial charge in [-0.1, -0.05) is 19.4 Å². The summed E-state index contributed by atoms with van der Waals surface area (Å²) in [6, 6.07) is 11.4. The molecular formula is C20H22N4O2. The van der Waals surface area contributed by atoms with Crippen LogP contribution in [-0.4, -0.2) is 27.7 Å². The van der Waals surface area contributed by atoms with Gasteiger partial charge in [-0.15, -0.1) is 0 Å². The number of aromatic nitrogens is 3. The zero-order valence-electron chi connectivity index (χ0n) is 14.7. The number of amides is 1. The highest BCUT2D eigenvalue weighted by atomic mass is 16.5. The zero-order chi connectivity index (χ0) is 18.2. The quantitative estimate of drug-likeness (QED) is 0.609. The van der Waals surface area contributed by atoms with Gasteiger partial charge < -0.3 is 10.1 Å². The van der Waals surface area contributed by atoms with E-state index in [9.17, 15) is 4.79 Å². The molecule has 0 aliphatic heterocycles. The number of unbranched alkanes of at least 4 members (excludes halogenated alkanes) is 1. The number of rotatable bonds is 8. The van der Waals surface area contributed by atoms with E-state index >= 15 is 0 Å². The summed E-state index contributed by atoms with van der Waals surface area (Å²) >= 11 is 0. The SMILES string of the molecule is CCCCOc1ccc(-c2[nH]ncc2C(=O)NCc2cccnc2)cc1. The van der Waals surface area contributed by atoms with Crippen LogP contribution in [0.15, 0.2) is 55.0 Å². The molecule has 1 aromatic carbocycles. The molecule has 134 valence electrons. The molecule has 0 aliphatic rings. The predicted molar refractivity (Wildman–Crippen MR) is 99.8 cm³/mol. The number of hydrogen-bond acceptors (Lipinski definition) is 4. The minimum absolute atomic E-state index is 0.180. The van der Waals surface area contributed by atoms with Gasteiger partial charge in [-0.25, -0.2) is 0 Å². The van der Waals surface area contributed by atoms with Crippen molar-refractivity contribution in [3.63, 3.8) is 0 Å². The van der Waals surface area contributed by atoms with Gasteiger partial charge in [0.2, 0.25) is 0 Å². The second-order valence-electron chi connectivity index (χ2n) is 5.93. The monoisotopic (exact) mass is 350 g/mol. The van der Waals surface area contributed by atoms with Gasteiger partial charge in [-0.05, 0) is 42.3 Å². The number of nitrogens with zero attached hydrogens (tertiary/aromatic N) is 2. The Morgan fingerprint density at radius 1 is 1.19 bits per heavy atom. The summed E-state index contributed by atoms with van der Waals surface area (Å²) < 4.78 is 5.67. The van der Waals surface area contributed by atoms with Crippen LogP contribution in [-0.2, 0) is 6.54 Å². The summed E-state index contributed by atoms with van der Waals surface area (Å²) in [6.45, 7) is 3.26. The molecule has 0 unspecified atom stereocenters. The van der Waals surface area contributed by atoms with E-state index in [1.54, 1.807) is 18.6 Å². The maximum Gasteiger partial charge on any atom is 0.255 e. The Bertz CT molecular complexity index is 829. The first-order valence-electron chi connectivity index (χ1n) is 8.71. The van der Waals surface area contributed by atoms with Crippen LogP contribution in [0, 0.1) is 0 Å². The molecule has 2 heterocycles. The molecule has 0 atom stereocenters. The summed E-state index contributed by atoms with van der Waals surface area (Å²) in [4.78, 5) is 16.5. The standard InChI is InChI=1S/C20H22N4O2/c1-2-3-11-26-17-8-6-16(7-9-17)19-18(14-23-24-19)20(25)22-13-15-5-4-10-21-12-15/h4-10,12,14H,2-3,11,13H2,1H3,(H,22,25)(H,23,24). The van der Waals surface area contributed by atoms with Crippen molar-refractivity contribution in [2.45, 2.75) is 26.3 Å². The third kappa shape index (κ3) is 4.47. The fraction of sp³-hybridized carbons (Fsp3) is 0.250. The highest BCUT2D eigenvalue weighted by Gasteiger charge is 2.15. The van der Waals surface area contributed by atoms with Crippen LogP contribution >= 0.6 is 0 Å². The van der Waals surface area contributed by atoms with Gasteiger partial charge >= 0.3 is 0 Å². The van der Waals surface area contributed by atoms with Crippen LogP contribution < -0.4 is 10.1 Å². The van der Waals surface area contributed by atoms with E-state index in [0.29, 0.717) is 24.4 Å². The minimum Gasteiger partial charge on any atom is -0.494 e. The van der Waals surface area contributed by atoms with Crippen molar-refractivity contribution < 1.29 is 9.53 Å². The number of benzene rings is 1. The first-order valence-corrected chi connectivity index (χ1v) is 8.71. The van der Waals surface area contributed by atoms with Crippen LogP contribution in [0.25, 0.3) is 11.3 Å². The number of ether oxygens (including phenoxy) is 1. The molecule has 0 radical (unpaired) electrons. The first-order chi connectivity index (χ1) is 12.8. The third-order valence-corrected chi connectivity index (χ3v) is 3.97. The van der Waals surface area contributed by atoms with E-state index in [2.05, 4.69) is 27.4 Å². The zero-order valence-corrected chi connectivity index (χ0v) is 14.7. The van der Waals surface area contributed by atoms with Crippen LogP contribution in [0.4, 0.5) is 0 Å². The molecule has 2 N–H and O–H groups in total. The van der Waals surface area contributed by atoms with E-state index in [1.807, 2.05) is 36.4 Å². The van der Waals surface area contributed by atoms with E-state index in [1.165, 1.54) is 0 Å². The predicted octanol–water partition coefficient (Wildman–Crippen LogP) is 3.58. The lowest BCUT2D eigenvalue weighted by Gasteiger charge is -2.08. The lowest BCUT2D eigenvalue weighted by Crippen LogP contribution is -2.23. The number of carbonyl (C=O) groups excluding carboxylic acids is 1. The number of H-pyrrole nitrogens is 1. The van der Waals surface area contributed by atoms with Crippen molar-refractivity contribution in [1.29, 1.82) is 0 Å². The van der Waals surface area contributed by atoms with Gasteiger partial charge in [0.1, 0.15) is 5.75 Å². The highest BCUT2D eigenvalue weighted by molar-refractivity contribution is 5.99. The van der Waals surface area contributed by atoms with Crippen molar-refractivity contribution in [2.24, 2.45) is 0 Å². The Labute approximate surface area is 152 Å². The molecule has 6 heteroatoms. The summed E-state index contributed by atoms with van der Waals surface area (Å²) in [5.41, 5.74) is 3.03. The maximum atomic E-state index is 12.5. The third-order valence-electron chi connectivity index (χ3n) is 3.97. The fourth-order valence-corrected chi connectivity index (χ4v) is 2.51. The van der Waals surface area contributed by atoms with Crippen LogP contribution in [0.5, 0.6) is 5.75 Å². The van der Waals surface area contributed by atoms with Gasteiger partial charge in [-0.3, -0.25) is 14.9 Å². The molecule has 0 spiro atoms. The van der Waals surface area contributed by atoms with Crippen LogP contribution in [0.3, 0.4) is 0 Å². The van der Waals surface area contributed by atoms with Crippen molar-refractivity contribution in [2.75, 3.05) is 6.61 Å². The van der Waals surface area contributed by atoms with Crippen LogP contribution in [0.2, 0.25) is 0 Å². The van der Waals surface area contributed by atoms with Crippen molar-refractivity contribution in [1.82, 2.24) is 20.5 Å². The molecule has 6 nitrogen and oxygen atoms in total. The molecule has 0 saturated heterocycles. The van der Waals surface area contributed by atoms with E-state index in [-0.39, 0.29) is 5.91 Å². The summed E-state index contributed by atoms with van der Waals surface area (Å²) in [5.74, 6) is 0.644. The normalized spacial score (nSPS) is 10.5. The number of carbonyl (C=O) groups is 1. The van der Waals surface area contributed by atoms with Gasteiger partial charge in [-0.2, -0.15) is 5.10 Å². The molecule has 1 amide bonds. The van der Waals surface area contributed by atoms with Crippen molar-refractivity contribution in [3.8, 4) is 17.0 Å². The highest BCUT2D eigenvalue weighted by Crippen LogP contribution is 2.24. The van der Waals surface area contributed by atoms with E-state index < -0.39 is 0 Å². The fourth-order valence-electron chi connectivity index (χ4n) is 2.51. The lowest BCUT2D eigenvalue weighted by molar-refractivity contribution is 0.0951. The number of pyridine rings is 1. The Balaban J connectivity index is 1.66. The Morgan fingerprint density at radius 3 is 2.77 bits per heavy atom. The lowest BCUT2D eigenvalue weighted by atomic mass is 10.1. The van der Waals surface area contributed by atoms with Gasteiger partial charge in [0.15, 0.2) is 0 Å². The largest absolute Gasteiger partial charge is 0.494 e. The second-order valence-corrected chi connectivity index (χ2v) is 5.93. The van der Waals surface area contributed by atoms with E-state index in [4.69, 9.17) is 4.74 Å². The minimum atomic E-state index is -0.180. The van der Waals surface area contributed by atoms with Gasteiger partial charge in [0, 0.05) is 24.5 Å². The average Bonchev–Trinajstić information content (AvgIpc) is 3.18. The molecule has 0 aliphatic carbocycles. The van der Waals surface area contributed by atoms with Crippen molar-refractivity contribution >= 4 is 5.91 Å². The Kier molecular flexibility index (Phi) is 5.98. The van der Waals surface area contributed by atoms with Crippen LogP contribution in [0.1, 0.15) is 35.7 Å². The molecule has 3 aromatic rings. The second kappa shape index (κ2) is 8.80. The molecule has 2 aromatic heterocycles. The topological polar surface area (TPSA) is 79.9 Å². The molecule has 0 fully saturated rings. The summed E-state index contributed by atoms with van der Waals surface area (Å²) in [7, 11) is 0. The smallest absolute Gasteiger partial charge is 0.255 e. The number of hydrogen-bond donors (Lipinski definition) is 2. The van der Waals surface area contributed by atoms with E-state index in [0.717, 1.165) is 29.7 Å². The van der Waals surface area contributed by atoms with Crippen molar-refractivity contribution in [3.05, 3.63) is 66.1 Å². The molecule has 26 heavy (non-hydrogen) atoms. The molecule has 0 bridgehead atoms. The summed E-state index contributed by atoms with van der Waals surface area (Å²) in [6.07, 6.45) is 7.11. The van der Waals surface area contributed by atoms with Gasteiger partial charge in [0.25, 0.3) is 5.91 Å². The molecule has 3 rings (SSSR count). The number of aromatic amines is 1. The number of nitrogens with one attached hydrogen (secondary N) is 2. The Morgan fingerprint density at radius 2 is 2.04 bits per heavy atom. The maximum absolute atomic E-state index is 12.5. The summed E-state index contributed by atoms with van der Waals surface area (Å²) in [5, 5.41) is 9.83. The molecular weight excluding hydrogens is 328 g/mol. The Hall–Kier alpha value is -3.15. The average molecular weight is 350 g/mol.